The summed E-state index contributed by atoms with van der Waals surface area (Å²) in [6.45, 7) is 1.40. The lowest BCUT2D eigenvalue weighted by molar-refractivity contribution is -0.120. The number of carbonyl (C=O) groups is 1. The first-order chi connectivity index (χ1) is 8.13. The van der Waals surface area contributed by atoms with Crippen LogP contribution in [0.4, 0.5) is 8.78 Å². The maximum Gasteiger partial charge on any atom is 0.224 e. The van der Waals surface area contributed by atoms with E-state index in [0.717, 1.165) is 25.1 Å². The van der Waals surface area contributed by atoms with Crippen LogP contribution in [0.15, 0.2) is 18.2 Å². The van der Waals surface area contributed by atoms with Crippen LogP contribution in [-0.4, -0.2) is 26.0 Å². The first kappa shape index (κ1) is 16.8. The second kappa shape index (κ2) is 8.83. The number of carbonyl (C=O) groups excluding carboxylic acids is 1. The molecule has 0 atom stereocenters. The number of hydrogen-bond donors (Lipinski definition) is 2. The first-order valence-electron chi connectivity index (χ1n) is 5.48. The maximum atomic E-state index is 12.9. The monoisotopic (exact) mass is 278 g/mol. The molecule has 0 saturated heterocycles. The summed E-state index contributed by atoms with van der Waals surface area (Å²) in [7, 11) is 1.84. The van der Waals surface area contributed by atoms with Crippen molar-refractivity contribution in [1.82, 2.24) is 10.6 Å². The van der Waals surface area contributed by atoms with Crippen LogP contribution in [0, 0.1) is 11.6 Å². The average molecular weight is 279 g/mol. The van der Waals surface area contributed by atoms with Crippen molar-refractivity contribution in [3.05, 3.63) is 35.4 Å². The van der Waals surface area contributed by atoms with Crippen LogP contribution in [-0.2, 0) is 11.2 Å². The predicted molar refractivity (Wildman–Crippen MR) is 68.9 cm³/mol. The van der Waals surface area contributed by atoms with E-state index in [1.807, 2.05) is 7.05 Å². The van der Waals surface area contributed by atoms with Crippen LogP contribution in [0.25, 0.3) is 0 Å². The zero-order valence-electron chi connectivity index (χ0n) is 10.1. The quantitative estimate of drug-likeness (QED) is 0.777. The number of halogens is 3. The summed E-state index contributed by atoms with van der Waals surface area (Å²) in [5, 5.41) is 5.67. The van der Waals surface area contributed by atoms with E-state index in [4.69, 9.17) is 0 Å². The summed E-state index contributed by atoms with van der Waals surface area (Å²) in [4.78, 5) is 11.4. The van der Waals surface area contributed by atoms with Gasteiger partial charge in [0.15, 0.2) is 11.6 Å². The summed E-state index contributed by atoms with van der Waals surface area (Å²) in [6, 6.07) is 3.48. The van der Waals surface area contributed by atoms with Gasteiger partial charge in [-0.15, -0.1) is 12.4 Å². The molecule has 6 heteroatoms. The Bertz CT molecular complexity index is 388. The topological polar surface area (TPSA) is 41.1 Å². The molecule has 3 nitrogen and oxygen atoms in total. The molecule has 0 unspecified atom stereocenters. The zero-order valence-corrected chi connectivity index (χ0v) is 10.9. The highest BCUT2D eigenvalue weighted by atomic mass is 35.5. The fourth-order valence-electron chi connectivity index (χ4n) is 1.39. The van der Waals surface area contributed by atoms with Crippen molar-refractivity contribution in [2.45, 2.75) is 12.8 Å². The highest BCUT2D eigenvalue weighted by Crippen LogP contribution is 2.08. The Morgan fingerprint density at radius 2 is 1.94 bits per heavy atom. The molecule has 102 valence electrons. The molecular weight excluding hydrogens is 262 g/mol. The van der Waals surface area contributed by atoms with E-state index in [1.54, 1.807) is 0 Å². The minimum absolute atomic E-state index is 0. The number of nitrogens with one attached hydrogen (secondary N) is 2. The third-order valence-electron chi connectivity index (χ3n) is 2.27. The average Bonchev–Trinajstić information content (AvgIpc) is 2.30. The normalized spacial score (nSPS) is 9.72. The fraction of sp³-hybridized carbons (Fsp3) is 0.417. The van der Waals surface area contributed by atoms with Gasteiger partial charge in [-0.3, -0.25) is 4.79 Å². The van der Waals surface area contributed by atoms with E-state index in [0.29, 0.717) is 12.1 Å². The van der Waals surface area contributed by atoms with Gasteiger partial charge in [0.25, 0.3) is 0 Å². The second-order valence-corrected chi connectivity index (χ2v) is 3.73. The Morgan fingerprint density at radius 3 is 2.56 bits per heavy atom. The molecule has 0 radical (unpaired) electrons. The molecule has 0 aromatic heterocycles. The van der Waals surface area contributed by atoms with Crippen molar-refractivity contribution in [3.63, 3.8) is 0 Å². The zero-order chi connectivity index (χ0) is 12.7. The lowest BCUT2D eigenvalue weighted by Gasteiger charge is -2.05. The minimum Gasteiger partial charge on any atom is -0.356 e. The number of amides is 1. The van der Waals surface area contributed by atoms with Crippen molar-refractivity contribution in [1.29, 1.82) is 0 Å². The number of rotatable bonds is 6. The molecule has 0 fully saturated rings. The Labute approximate surface area is 111 Å². The van der Waals surface area contributed by atoms with Crippen molar-refractivity contribution >= 4 is 18.3 Å². The van der Waals surface area contributed by atoms with Gasteiger partial charge >= 0.3 is 0 Å². The van der Waals surface area contributed by atoms with Crippen molar-refractivity contribution in [3.8, 4) is 0 Å². The van der Waals surface area contributed by atoms with Crippen LogP contribution < -0.4 is 10.6 Å². The van der Waals surface area contributed by atoms with E-state index in [2.05, 4.69) is 10.6 Å². The summed E-state index contributed by atoms with van der Waals surface area (Å²) in [6.07, 6.45) is 0.900. The molecule has 0 bridgehead atoms. The molecule has 0 heterocycles. The van der Waals surface area contributed by atoms with Crippen molar-refractivity contribution in [2.24, 2.45) is 0 Å². The van der Waals surface area contributed by atoms with Gasteiger partial charge < -0.3 is 10.6 Å². The molecule has 1 amide bonds. The van der Waals surface area contributed by atoms with E-state index < -0.39 is 11.6 Å². The SMILES string of the molecule is CNCCCNC(=O)Cc1ccc(F)c(F)c1.Cl. The van der Waals surface area contributed by atoms with Gasteiger partial charge in [0, 0.05) is 6.54 Å². The Hall–Kier alpha value is -1.20. The molecule has 1 aromatic carbocycles. The van der Waals surface area contributed by atoms with Gasteiger partial charge in [-0.05, 0) is 37.7 Å². The smallest absolute Gasteiger partial charge is 0.224 e. The lowest BCUT2D eigenvalue weighted by Crippen LogP contribution is -2.27. The molecule has 1 aromatic rings. The standard InChI is InChI=1S/C12H16F2N2O.ClH/c1-15-5-2-6-16-12(17)8-9-3-4-10(13)11(14)7-9;/h3-4,7,15H,2,5-6,8H2,1H3,(H,16,17);1H. The molecule has 0 aliphatic rings. The van der Waals surface area contributed by atoms with E-state index in [1.165, 1.54) is 6.07 Å². The predicted octanol–water partition coefficient (Wildman–Crippen LogP) is 1.65. The molecule has 18 heavy (non-hydrogen) atoms. The molecule has 1 rings (SSSR count). The molecule has 0 spiro atoms. The largest absolute Gasteiger partial charge is 0.356 e. The number of hydrogen-bond acceptors (Lipinski definition) is 2. The Kier molecular flexibility index (Phi) is 8.24. The van der Waals surface area contributed by atoms with E-state index in [9.17, 15) is 13.6 Å². The lowest BCUT2D eigenvalue weighted by atomic mass is 10.1. The summed E-state index contributed by atoms with van der Waals surface area (Å²) < 4.78 is 25.5. The molecule has 0 aliphatic heterocycles. The Morgan fingerprint density at radius 1 is 1.22 bits per heavy atom. The van der Waals surface area contributed by atoms with Gasteiger partial charge in [0.2, 0.25) is 5.91 Å². The van der Waals surface area contributed by atoms with Crippen LogP contribution in [0.1, 0.15) is 12.0 Å². The van der Waals surface area contributed by atoms with Crippen molar-refractivity contribution in [2.75, 3.05) is 20.1 Å². The molecular formula is C12H17ClF2N2O. The summed E-state index contributed by atoms with van der Waals surface area (Å²) >= 11 is 0. The first-order valence-corrected chi connectivity index (χ1v) is 5.48. The van der Waals surface area contributed by atoms with Gasteiger partial charge in [-0.25, -0.2) is 8.78 Å². The maximum absolute atomic E-state index is 12.9. The third-order valence-corrected chi connectivity index (χ3v) is 2.27. The van der Waals surface area contributed by atoms with Crippen LogP contribution >= 0.6 is 12.4 Å². The van der Waals surface area contributed by atoms with Gasteiger partial charge in [0.1, 0.15) is 0 Å². The Balaban J connectivity index is 0.00000289. The second-order valence-electron chi connectivity index (χ2n) is 3.73. The fourth-order valence-corrected chi connectivity index (χ4v) is 1.39. The summed E-state index contributed by atoms with van der Waals surface area (Å²) in [5.74, 6) is -2.01. The van der Waals surface area contributed by atoms with Crippen LogP contribution in [0.5, 0.6) is 0 Å². The van der Waals surface area contributed by atoms with Crippen LogP contribution in [0.2, 0.25) is 0 Å². The minimum atomic E-state index is -0.925. The highest BCUT2D eigenvalue weighted by Gasteiger charge is 2.06. The van der Waals surface area contributed by atoms with E-state index >= 15 is 0 Å². The van der Waals surface area contributed by atoms with Gasteiger partial charge in [-0.2, -0.15) is 0 Å². The molecule has 2 N–H and O–H groups in total. The highest BCUT2D eigenvalue weighted by molar-refractivity contribution is 5.85. The van der Waals surface area contributed by atoms with Gasteiger partial charge in [-0.1, -0.05) is 6.07 Å². The molecule has 0 saturated carbocycles. The summed E-state index contributed by atoms with van der Waals surface area (Å²) in [5.41, 5.74) is 0.468. The van der Waals surface area contributed by atoms with Crippen LogP contribution in [0.3, 0.4) is 0 Å². The number of benzene rings is 1. The van der Waals surface area contributed by atoms with Gasteiger partial charge in [0.05, 0.1) is 6.42 Å². The molecule has 0 aliphatic carbocycles. The third kappa shape index (κ3) is 5.93. The van der Waals surface area contributed by atoms with E-state index in [-0.39, 0.29) is 24.7 Å². The van der Waals surface area contributed by atoms with Crippen molar-refractivity contribution < 1.29 is 13.6 Å².